The van der Waals surface area contributed by atoms with Crippen molar-refractivity contribution in [3.8, 4) is 6.07 Å². The molecule has 2 aromatic carbocycles. The molecule has 7 heteroatoms. The van der Waals surface area contributed by atoms with Gasteiger partial charge < -0.3 is 5.32 Å². The first kappa shape index (κ1) is 18.1. The van der Waals surface area contributed by atoms with Gasteiger partial charge in [0, 0.05) is 11.4 Å². The summed E-state index contributed by atoms with van der Waals surface area (Å²) in [5.74, 6) is -0.939. The predicted molar refractivity (Wildman–Crippen MR) is 100 cm³/mol. The summed E-state index contributed by atoms with van der Waals surface area (Å²) >= 11 is 0. The first-order valence-electron chi connectivity index (χ1n) is 8.42. The number of nitriles is 1. The van der Waals surface area contributed by atoms with Gasteiger partial charge in [0.25, 0.3) is 5.91 Å². The predicted octanol–water partition coefficient (Wildman–Crippen LogP) is 2.66. The van der Waals surface area contributed by atoms with Gasteiger partial charge in [-0.2, -0.15) is 5.26 Å². The Morgan fingerprint density at radius 2 is 1.89 bits per heavy atom. The minimum absolute atomic E-state index is 0.388. The Morgan fingerprint density at radius 3 is 2.56 bits per heavy atom. The Kier molecular flexibility index (Phi) is 4.90. The van der Waals surface area contributed by atoms with E-state index in [1.165, 1.54) is 11.0 Å². The zero-order chi connectivity index (χ0) is 19.6. The van der Waals surface area contributed by atoms with E-state index in [0.717, 1.165) is 10.5 Å². The van der Waals surface area contributed by atoms with E-state index in [1.54, 1.807) is 37.3 Å². The van der Waals surface area contributed by atoms with E-state index < -0.39 is 23.9 Å². The molecule has 0 saturated carbocycles. The molecule has 136 valence electrons. The molecule has 1 aliphatic rings. The second kappa shape index (κ2) is 7.30. The fraction of sp³-hybridized carbons (Fsp3) is 0.200. The van der Waals surface area contributed by atoms with Crippen molar-refractivity contribution in [2.45, 2.75) is 19.9 Å². The molecule has 7 nitrogen and oxygen atoms in total. The van der Waals surface area contributed by atoms with Crippen LogP contribution in [0.5, 0.6) is 0 Å². The van der Waals surface area contributed by atoms with Crippen LogP contribution in [-0.4, -0.2) is 35.3 Å². The lowest BCUT2D eigenvalue weighted by Crippen LogP contribution is -2.39. The second-order valence-electron chi connectivity index (χ2n) is 6.33. The van der Waals surface area contributed by atoms with Crippen LogP contribution in [0.25, 0.3) is 0 Å². The van der Waals surface area contributed by atoms with Gasteiger partial charge in [-0.1, -0.05) is 23.8 Å². The summed E-state index contributed by atoms with van der Waals surface area (Å²) in [7, 11) is 0. The molecule has 3 rings (SSSR count). The molecule has 0 radical (unpaired) electrons. The Hall–Kier alpha value is -3.66. The number of anilines is 2. The number of imide groups is 1. The number of urea groups is 1. The van der Waals surface area contributed by atoms with Crippen LogP contribution in [0.3, 0.4) is 0 Å². The van der Waals surface area contributed by atoms with Crippen molar-refractivity contribution in [1.29, 1.82) is 5.26 Å². The maximum Gasteiger partial charge on any atom is 0.332 e. The average molecular weight is 362 g/mol. The first-order chi connectivity index (χ1) is 12.9. The van der Waals surface area contributed by atoms with Gasteiger partial charge in [0.2, 0.25) is 5.91 Å². The molecule has 0 aliphatic carbocycles. The second-order valence-corrected chi connectivity index (χ2v) is 6.33. The van der Waals surface area contributed by atoms with Crippen LogP contribution in [0.2, 0.25) is 0 Å². The highest BCUT2D eigenvalue weighted by Crippen LogP contribution is 2.26. The summed E-state index contributed by atoms with van der Waals surface area (Å²) in [6.45, 7) is 3.18. The number of nitrogens with zero attached hydrogens (tertiary/aromatic N) is 3. The third-order valence-corrected chi connectivity index (χ3v) is 4.34. The molecule has 1 fully saturated rings. The first-order valence-corrected chi connectivity index (χ1v) is 8.42. The molecule has 1 unspecified atom stereocenters. The van der Waals surface area contributed by atoms with Crippen LogP contribution in [0.4, 0.5) is 16.2 Å². The molecule has 1 heterocycles. The van der Waals surface area contributed by atoms with Crippen molar-refractivity contribution in [3.05, 3.63) is 59.7 Å². The molecule has 2 aromatic rings. The van der Waals surface area contributed by atoms with Crippen molar-refractivity contribution in [3.63, 3.8) is 0 Å². The van der Waals surface area contributed by atoms with E-state index in [4.69, 9.17) is 5.26 Å². The van der Waals surface area contributed by atoms with Gasteiger partial charge in [-0.3, -0.25) is 19.4 Å². The Labute approximate surface area is 156 Å². The number of hydrogen-bond donors (Lipinski definition) is 1. The molecule has 1 saturated heterocycles. The lowest BCUT2D eigenvalue weighted by Gasteiger charge is -2.19. The van der Waals surface area contributed by atoms with Crippen LogP contribution >= 0.6 is 0 Å². The number of carbonyl (C=O) groups is 3. The molecule has 0 aromatic heterocycles. The number of benzene rings is 2. The molecule has 4 amide bonds. The molecule has 27 heavy (non-hydrogen) atoms. The maximum absolute atomic E-state index is 12.7. The van der Waals surface area contributed by atoms with Crippen molar-refractivity contribution in [1.82, 2.24) is 4.90 Å². The minimum Gasteiger partial charge on any atom is -0.324 e. The number of amides is 4. The van der Waals surface area contributed by atoms with Gasteiger partial charge >= 0.3 is 6.03 Å². The van der Waals surface area contributed by atoms with Crippen LogP contribution < -0.4 is 10.2 Å². The third kappa shape index (κ3) is 3.65. The summed E-state index contributed by atoms with van der Waals surface area (Å²) in [6, 6.07) is 14.4. The van der Waals surface area contributed by atoms with E-state index in [9.17, 15) is 14.4 Å². The van der Waals surface area contributed by atoms with Crippen LogP contribution in [0.1, 0.15) is 18.1 Å². The van der Waals surface area contributed by atoms with Gasteiger partial charge in [-0.05, 0) is 44.2 Å². The van der Waals surface area contributed by atoms with Gasteiger partial charge in [0.05, 0.1) is 11.6 Å². The number of rotatable bonds is 4. The standard InChI is InChI=1S/C20H18N4O3/c1-13-6-8-17(9-7-13)24-14(2)19(26)23(20(24)27)12-18(25)22-16-5-3-4-15(10-16)11-21/h3-10,14H,12H2,1-2H3,(H,22,25). The highest BCUT2D eigenvalue weighted by molar-refractivity contribution is 6.16. The van der Waals surface area contributed by atoms with E-state index in [-0.39, 0.29) is 6.54 Å². The highest BCUT2D eigenvalue weighted by atomic mass is 16.2. The summed E-state index contributed by atoms with van der Waals surface area (Å²) in [5, 5.41) is 11.5. The number of hydrogen-bond acceptors (Lipinski definition) is 4. The van der Waals surface area contributed by atoms with E-state index in [1.807, 2.05) is 25.1 Å². The number of carbonyl (C=O) groups excluding carboxylic acids is 3. The minimum atomic E-state index is -0.685. The smallest absolute Gasteiger partial charge is 0.324 e. The van der Waals surface area contributed by atoms with Crippen molar-refractivity contribution >= 4 is 29.2 Å². The molecule has 0 spiro atoms. The summed E-state index contributed by atoms with van der Waals surface area (Å²) < 4.78 is 0. The van der Waals surface area contributed by atoms with Gasteiger partial charge in [-0.25, -0.2) is 4.79 Å². The fourth-order valence-electron chi connectivity index (χ4n) is 2.92. The lowest BCUT2D eigenvalue weighted by atomic mass is 10.2. The SMILES string of the molecule is Cc1ccc(N2C(=O)N(CC(=O)Nc3cccc(C#N)c3)C(=O)C2C)cc1. The lowest BCUT2D eigenvalue weighted by molar-refractivity contribution is -0.130. The maximum atomic E-state index is 12.7. The van der Waals surface area contributed by atoms with Crippen molar-refractivity contribution in [2.24, 2.45) is 0 Å². The molecule has 1 atom stereocenters. The fourth-order valence-corrected chi connectivity index (χ4v) is 2.92. The van der Waals surface area contributed by atoms with E-state index in [2.05, 4.69) is 5.32 Å². The van der Waals surface area contributed by atoms with E-state index >= 15 is 0 Å². The number of aryl methyl sites for hydroxylation is 1. The van der Waals surface area contributed by atoms with Gasteiger partial charge in [0.15, 0.2) is 0 Å². The number of nitrogens with one attached hydrogen (secondary N) is 1. The van der Waals surface area contributed by atoms with Crippen LogP contribution in [0, 0.1) is 18.3 Å². The summed E-state index contributed by atoms with van der Waals surface area (Å²) in [5.41, 5.74) is 2.48. The zero-order valence-corrected chi connectivity index (χ0v) is 15.0. The summed E-state index contributed by atoms with van der Waals surface area (Å²) in [6.07, 6.45) is 0. The Morgan fingerprint density at radius 1 is 1.19 bits per heavy atom. The normalized spacial score (nSPS) is 16.4. The molecule has 0 bridgehead atoms. The van der Waals surface area contributed by atoms with E-state index in [0.29, 0.717) is 16.9 Å². The molecule has 1 aliphatic heterocycles. The van der Waals surface area contributed by atoms with Gasteiger partial charge in [0.1, 0.15) is 12.6 Å². The largest absolute Gasteiger partial charge is 0.332 e. The average Bonchev–Trinajstić information content (AvgIpc) is 2.86. The van der Waals surface area contributed by atoms with Crippen LogP contribution in [-0.2, 0) is 9.59 Å². The molecular weight excluding hydrogens is 344 g/mol. The Balaban J connectivity index is 1.73. The highest BCUT2D eigenvalue weighted by Gasteiger charge is 2.44. The molecular formula is C20H18N4O3. The zero-order valence-electron chi connectivity index (χ0n) is 15.0. The Bertz CT molecular complexity index is 946. The van der Waals surface area contributed by atoms with Crippen LogP contribution in [0.15, 0.2) is 48.5 Å². The van der Waals surface area contributed by atoms with Gasteiger partial charge in [-0.15, -0.1) is 0 Å². The van der Waals surface area contributed by atoms with Crippen molar-refractivity contribution in [2.75, 3.05) is 16.8 Å². The third-order valence-electron chi connectivity index (χ3n) is 4.34. The topological polar surface area (TPSA) is 93.5 Å². The van der Waals surface area contributed by atoms with Crippen molar-refractivity contribution < 1.29 is 14.4 Å². The quantitative estimate of drug-likeness (QED) is 0.846. The monoisotopic (exact) mass is 362 g/mol. The molecule has 1 N–H and O–H groups in total. The summed E-state index contributed by atoms with van der Waals surface area (Å²) in [4.78, 5) is 39.8.